The Hall–Kier alpha value is -0.850. The van der Waals surface area contributed by atoms with Gasteiger partial charge in [0.25, 0.3) is 0 Å². The highest BCUT2D eigenvalue weighted by molar-refractivity contribution is 6.42. The van der Waals surface area contributed by atoms with Gasteiger partial charge in [-0.1, -0.05) is 29.3 Å². The lowest BCUT2D eigenvalue weighted by Crippen LogP contribution is -2.48. The predicted octanol–water partition coefficient (Wildman–Crippen LogP) is 2.22. The van der Waals surface area contributed by atoms with Gasteiger partial charge in [0.2, 0.25) is 5.91 Å². The van der Waals surface area contributed by atoms with E-state index in [1.54, 1.807) is 6.07 Å². The number of halogens is 2. The normalized spacial score (nSPS) is 25.2. The fourth-order valence-electron chi connectivity index (χ4n) is 3.21. The lowest BCUT2D eigenvalue weighted by molar-refractivity contribution is -0.136. The molecular formula is C17H22Cl2N2O3. The Morgan fingerprint density at radius 1 is 1.29 bits per heavy atom. The van der Waals surface area contributed by atoms with Crippen molar-refractivity contribution < 1.29 is 14.6 Å². The summed E-state index contributed by atoms with van der Waals surface area (Å²) >= 11 is 11.9. The molecule has 1 amide bonds. The Morgan fingerprint density at radius 3 is 2.67 bits per heavy atom. The number of nitrogens with one attached hydrogen (secondary N) is 1. The number of aliphatic hydroxyl groups excluding tert-OH is 1. The zero-order chi connectivity index (χ0) is 17.1. The molecular weight excluding hydrogens is 351 g/mol. The summed E-state index contributed by atoms with van der Waals surface area (Å²) in [4.78, 5) is 14.3. The summed E-state index contributed by atoms with van der Waals surface area (Å²) in [5, 5.41) is 13.7. The number of rotatable bonds is 4. The third kappa shape index (κ3) is 4.41. The molecule has 2 aliphatic heterocycles. The number of benzene rings is 1. The van der Waals surface area contributed by atoms with Gasteiger partial charge in [-0.2, -0.15) is 0 Å². The Labute approximate surface area is 151 Å². The van der Waals surface area contributed by atoms with E-state index in [4.69, 9.17) is 27.9 Å². The first-order valence-corrected chi connectivity index (χ1v) is 9.04. The molecule has 3 rings (SSSR count). The molecule has 0 bridgehead atoms. The van der Waals surface area contributed by atoms with E-state index in [-0.39, 0.29) is 18.1 Å². The molecule has 0 saturated carbocycles. The molecule has 2 unspecified atom stereocenters. The summed E-state index contributed by atoms with van der Waals surface area (Å²) < 4.78 is 5.94. The fourth-order valence-corrected chi connectivity index (χ4v) is 3.53. The zero-order valence-corrected chi connectivity index (χ0v) is 14.9. The Kier molecular flexibility index (Phi) is 6.00. The molecule has 0 aliphatic carbocycles. The number of β-amino-alcohol motifs (C(OH)–C–C–N with tert-alkyl or cyclic N) is 1. The first-order chi connectivity index (χ1) is 11.5. The number of hydrogen-bond acceptors (Lipinski definition) is 4. The second-order valence-electron chi connectivity index (χ2n) is 6.43. The van der Waals surface area contributed by atoms with Gasteiger partial charge in [0.1, 0.15) is 0 Å². The highest BCUT2D eigenvalue weighted by atomic mass is 35.5. The van der Waals surface area contributed by atoms with Crippen LogP contribution in [-0.4, -0.2) is 53.8 Å². The van der Waals surface area contributed by atoms with Gasteiger partial charge in [-0.25, -0.2) is 0 Å². The molecule has 2 saturated heterocycles. The molecule has 5 nitrogen and oxygen atoms in total. The minimum Gasteiger partial charge on any atom is -0.392 e. The standard InChI is InChI=1S/C17H22Cl2N2O3/c18-14-2-1-11(7-15(14)19)10-24-13-3-5-21(6-4-13)17(23)16-8-12(22)9-20-16/h1-2,7,12-13,16,20,22H,3-6,8-10H2. The molecule has 1 aromatic rings. The van der Waals surface area contributed by atoms with Crippen molar-refractivity contribution in [3.05, 3.63) is 33.8 Å². The predicted molar refractivity (Wildman–Crippen MR) is 93.3 cm³/mol. The number of likely N-dealkylation sites (tertiary alicyclic amines) is 1. The van der Waals surface area contributed by atoms with Gasteiger partial charge in [0.05, 0.1) is 34.9 Å². The van der Waals surface area contributed by atoms with E-state index < -0.39 is 6.10 Å². The quantitative estimate of drug-likeness (QED) is 0.850. The number of piperidine rings is 1. The van der Waals surface area contributed by atoms with Gasteiger partial charge in [-0.15, -0.1) is 0 Å². The summed E-state index contributed by atoms with van der Waals surface area (Å²) in [6.45, 7) is 2.38. The van der Waals surface area contributed by atoms with Crippen molar-refractivity contribution in [1.82, 2.24) is 10.2 Å². The maximum absolute atomic E-state index is 12.4. The van der Waals surface area contributed by atoms with Crippen molar-refractivity contribution in [3.8, 4) is 0 Å². The number of nitrogens with zero attached hydrogens (tertiary/aromatic N) is 1. The van der Waals surface area contributed by atoms with Crippen molar-refractivity contribution in [2.45, 2.75) is 44.1 Å². The first kappa shape index (κ1) is 18.0. The minimum atomic E-state index is -0.411. The topological polar surface area (TPSA) is 61.8 Å². The van der Waals surface area contributed by atoms with Crippen LogP contribution >= 0.6 is 23.2 Å². The van der Waals surface area contributed by atoms with E-state index in [1.807, 2.05) is 17.0 Å². The summed E-state index contributed by atoms with van der Waals surface area (Å²) in [6.07, 6.45) is 1.88. The van der Waals surface area contributed by atoms with Crippen LogP contribution in [0.25, 0.3) is 0 Å². The third-order valence-corrected chi connectivity index (χ3v) is 5.37. The number of carbonyl (C=O) groups is 1. The molecule has 2 heterocycles. The second-order valence-corrected chi connectivity index (χ2v) is 7.25. The molecule has 0 radical (unpaired) electrons. The van der Waals surface area contributed by atoms with Crippen LogP contribution in [0.4, 0.5) is 0 Å². The van der Waals surface area contributed by atoms with E-state index >= 15 is 0 Å². The van der Waals surface area contributed by atoms with Gasteiger partial charge in [0.15, 0.2) is 0 Å². The third-order valence-electron chi connectivity index (χ3n) is 4.63. The molecule has 2 atom stereocenters. The van der Waals surface area contributed by atoms with Gasteiger partial charge in [0, 0.05) is 19.6 Å². The molecule has 24 heavy (non-hydrogen) atoms. The van der Waals surface area contributed by atoms with Gasteiger partial charge >= 0.3 is 0 Å². The van der Waals surface area contributed by atoms with E-state index in [2.05, 4.69) is 5.32 Å². The van der Waals surface area contributed by atoms with Crippen LogP contribution in [0.15, 0.2) is 18.2 Å². The monoisotopic (exact) mass is 372 g/mol. The van der Waals surface area contributed by atoms with Crippen LogP contribution in [0.2, 0.25) is 10.0 Å². The largest absolute Gasteiger partial charge is 0.392 e. The Bertz CT molecular complexity index is 591. The summed E-state index contributed by atoms with van der Waals surface area (Å²) in [6, 6.07) is 5.25. The lowest BCUT2D eigenvalue weighted by atomic mass is 10.1. The van der Waals surface area contributed by atoms with E-state index in [0.29, 0.717) is 42.7 Å². The molecule has 2 N–H and O–H groups in total. The van der Waals surface area contributed by atoms with Crippen molar-refractivity contribution in [3.63, 3.8) is 0 Å². The average Bonchev–Trinajstić information content (AvgIpc) is 3.02. The fraction of sp³-hybridized carbons (Fsp3) is 0.588. The summed E-state index contributed by atoms with van der Waals surface area (Å²) in [7, 11) is 0. The highest BCUT2D eigenvalue weighted by Crippen LogP contribution is 2.24. The summed E-state index contributed by atoms with van der Waals surface area (Å²) in [5.41, 5.74) is 0.993. The Balaban J connectivity index is 1.43. The Morgan fingerprint density at radius 2 is 2.04 bits per heavy atom. The van der Waals surface area contributed by atoms with Gasteiger partial charge in [-0.3, -0.25) is 4.79 Å². The first-order valence-electron chi connectivity index (χ1n) is 8.28. The highest BCUT2D eigenvalue weighted by Gasteiger charge is 2.33. The van der Waals surface area contributed by atoms with E-state index in [1.165, 1.54) is 0 Å². The van der Waals surface area contributed by atoms with Crippen LogP contribution in [-0.2, 0) is 16.1 Å². The van der Waals surface area contributed by atoms with Crippen molar-refractivity contribution in [2.24, 2.45) is 0 Å². The smallest absolute Gasteiger partial charge is 0.239 e. The van der Waals surface area contributed by atoms with Crippen molar-refractivity contribution in [1.29, 1.82) is 0 Å². The maximum atomic E-state index is 12.4. The average molecular weight is 373 g/mol. The second kappa shape index (κ2) is 8.02. The van der Waals surface area contributed by atoms with Crippen molar-refractivity contribution >= 4 is 29.1 Å². The number of aliphatic hydroxyl groups is 1. The van der Waals surface area contributed by atoms with E-state index in [9.17, 15) is 9.90 Å². The molecule has 0 spiro atoms. The number of ether oxygens (including phenoxy) is 1. The summed E-state index contributed by atoms with van der Waals surface area (Å²) in [5.74, 6) is 0.0921. The zero-order valence-electron chi connectivity index (χ0n) is 13.4. The molecule has 1 aromatic carbocycles. The van der Waals surface area contributed by atoms with E-state index in [0.717, 1.165) is 18.4 Å². The number of carbonyl (C=O) groups excluding carboxylic acids is 1. The van der Waals surface area contributed by atoms with Gasteiger partial charge < -0.3 is 20.1 Å². The van der Waals surface area contributed by atoms with Crippen LogP contribution < -0.4 is 5.32 Å². The van der Waals surface area contributed by atoms with Crippen LogP contribution in [0, 0.1) is 0 Å². The molecule has 7 heteroatoms. The molecule has 132 valence electrons. The molecule has 2 fully saturated rings. The van der Waals surface area contributed by atoms with Crippen LogP contribution in [0.5, 0.6) is 0 Å². The van der Waals surface area contributed by atoms with Crippen LogP contribution in [0.3, 0.4) is 0 Å². The molecule has 2 aliphatic rings. The number of hydrogen-bond donors (Lipinski definition) is 2. The molecule has 0 aromatic heterocycles. The van der Waals surface area contributed by atoms with Crippen LogP contribution in [0.1, 0.15) is 24.8 Å². The van der Waals surface area contributed by atoms with Crippen molar-refractivity contribution in [2.75, 3.05) is 19.6 Å². The SMILES string of the molecule is O=C(C1CC(O)CN1)N1CCC(OCc2ccc(Cl)c(Cl)c2)CC1. The maximum Gasteiger partial charge on any atom is 0.239 e. The van der Waals surface area contributed by atoms with Gasteiger partial charge in [-0.05, 0) is 37.0 Å². The number of amides is 1. The minimum absolute atomic E-state index is 0.0921. The lowest BCUT2D eigenvalue weighted by Gasteiger charge is -2.33.